The van der Waals surface area contributed by atoms with Gasteiger partial charge in [-0.25, -0.2) is 0 Å². The van der Waals surface area contributed by atoms with Gasteiger partial charge in [-0.1, -0.05) is 25.5 Å². The van der Waals surface area contributed by atoms with Crippen molar-refractivity contribution in [2.75, 3.05) is 19.7 Å². The van der Waals surface area contributed by atoms with Gasteiger partial charge in [-0.05, 0) is 31.0 Å². The average molecular weight is 407 g/mol. The van der Waals surface area contributed by atoms with E-state index in [9.17, 15) is 5.11 Å². The van der Waals surface area contributed by atoms with E-state index in [0.29, 0.717) is 5.96 Å². The van der Waals surface area contributed by atoms with Crippen molar-refractivity contribution in [3.63, 3.8) is 0 Å². The van der Waals surface area contributed by atoms with Gasteiger partial charge in [-0.3, -0.25) is 4.99 Å². The van der Waals surface area contributed by atoms with Crippen LogP contribution in [0.25, 0.3) is 0 Å². The van der Waals surface area contributed by atoms with E-state index in [-0.39, 0.29) is 37.1 Å². The summed E-state index contributed by atoms with van der Waals surface area (Å²) < 4.78 is 5.50. The van der Waals surface area contributed by atoms with Crippen LogP contribution in [0, 0.1) is 6.92 Å². The second-order valence-electron chi connectivity index (χ2n) is 4.79. The minimum Gasteiger partial charge on any atom is -0.491 e. The molecule has 0 bridgehead atoms. The quantitative estimate of drug-likeness (QED) is 0.267. The Balaban J connectivity index is 0.00000400. The summed E-state index contributed by atoms with van der Waals surface area (Å²) in [6, 6.07) is 7.71. The lowest BCUT2D eigenvalue weighted by atomic mass is 10.2. The van der Waals surface area contributed by atoms with Crippen molar-refractivity contribution in [2.45, 2.75) is 32.8 Å². The first kappa shape index (κ1) is 20.0. The molecule has 0 saturated carbocycles. The van der Waals surface area contributed by atoms with Crippen LogP contribution in [0.3, 0.4) is 0 Å². The molecule has 1 aromatic carbocycles. The highest BCUT2D eigenvalue weighted by Crippen LogP contribution is 2.12. The number of hydrogen-bond acceptors (Lipinski definition) is 3. The van der Waals surface area contributed by atoms with Crippen molar-refractivity contribution >= 4 is 29.9 Å². The zero-order valence-corrected chi connectivity index (χ0v) is 15.0. The monoisotopic (exact) mass is 407 g/mol. The second kappa shape index (κ2) is 11.6. The molecule has 4 N–H and O–H groups in total. The van der Waals surface area contributed by atoms with Crippen LogP contribution in [-0.4, -0.2) is 36.9 Å². The number of aryl methyl sites for hydroxylation is 1. The van der Waals surface area contributed by atoms with Gasteiger partial charge in [0.2, 0.25) is 0 Å². The highest BCUT2D eigenvalue weighted by atomic mass is 127. The zero-order chi connectivity index (χ0) is 14.8. The molecule has 5 nitrogen and oxygen atoms in total. The van der Waals surface area contributed by atoms with E-state index in [1.807, 2.05) is 31.2 Å². The maximum Gasteiger partial charge on any atom is 0.188 e. The molecule has 0 aromatic heterocycles. The molecular weight excluding hydrogens is 381 g/mol. The molecule has 1 aromatic rings. The highest BCUT2D eigenvalue weighted by Gasteiger charge is 2.05. The molecule has 0 spiro atoms. The van der Waals surface area contributed by atoms with Crippen LogP contribution in [0.2, 0.25) is 0 Å². The summed E-state index contributed by atoms with van der Waals surface area (Å²) in [4.78, 5) is 4.08. The average Bonchev–Trinajstić information content (AvgIpc) is 2.43. The number of nitrogens with one attached hydrogen (secondary N) is 1. The summed E-state index contributed by atoms with van der Waals surface area (Å²) in [5, 5.41) is 12.8. The number of nitrogens with zero attached hydrogens (tertiary/aromatic N) is 1. The molecule has 6 heteroatoms. The first-order chi connectivity index (χ1) is 9.61. The third-order valence-corrected chi connectivity index (χ3v) is 2.74. The molecule has 1 rings (SSSR count). The molecule has 0 aliphatic rings. The summed E-state index contributed by atoms with van der Waals surface area (Å²) in [6.07, 6.45) is 1.49. The lowest BCUT2D eigenvalue weighted by Gasteiger charge is -2.11. The minimum atomic E-state index is -0.665. The number of aliphatic hydroxyl groups excluding tert-OH is 1. The van der Waals surface area contributed by atoms with E-state index in [4.69, 9.17) is 10.5 Å². The van der Waals surface area contributed by atoms with Crippen molar-refractivity contribution in [3.8, 4) is 5.75 Å². The van der Waals surface area contributed by atoms with E-state index in [1.165, 1.54) is 0 Å². The summed E-state index contributed by atoms with van der Waals surface area (Å²) >= 11 is 0. The van der Waals surface area contributed by atoms with Gasteiger partial charge in [0.15, 0.2) is 5.96 Å². The number of benzene rings is 1. The molecule has 0 heterocycles. The van der Waals surface area contributed by atoms with Gasteiger partial charge in [0.25, 0.3) is 0 Å². The van der Waals surface area contributed by atoms with E-state index < -0.39 is 6.10 Å². The predicted molar refractivity (Wildman–Crippen MR) is 97.5 cm³/mol. The number of ether oxygens (including phenoxy) is 1. The Kier molecular flexibility index (Phi) is 11.1. The molecule has 21 heavy (non-hydrogen) atoms. The first-order valence-electron chi connectivity index (χ1n) is 7.03. The van der Waals surface area contributed by atoms with Gasteiger partial charge in [0, 0.05) is 6.54 Å². The number of rotatable bonds is 8. The van der Waals surface area contributed by atoms with E-state index >= 15 is 0 Å². The number of halogens is 1. The SMILES string of the molecule is CCCCNC(N)=NCC(O)COc1cccc(C)c1.I. The maximum atomic E-state index is 9.78. The van der Waals surface area contributed by atoms with E-state index in [1.54, 1.807) is 0 Å². The number of aliphatic imine (C=N–C) groups is 1. The maximum absolute atomic E-state index is 9.78. The first-order valence-corrected chi connectivity index (χ1v) is 7.03. The lowest BCUT2D eigenvalue weighted by molar-refractivity contribution is 0.114. The topological polar surface area (TPSA) is 79.9 Å². The lowest BCUT2D eigenvalue weighted by Crippen LogP contribution is -2.34. The fourth-order valence-corrected chi connectivity index (χ4v) is 1.60. The van der Waals surface area contributed by atoms with Crippen LogP contribution in [0.1, 0.15) is 25.3 Å². The Bertz CT molecular complexity index is 427. The largest absolute Gasteiger partial charge is 0.491 e. The molecule has 0 radical (unpaired) electrons. The van der Waals surface area contributed by atoms with Crippen molar-refractivity contribution in [2.24, 2.45) is 10.7 Å². The van der Waals surface area contributed by atoms with Crippen LogP contribution >= 0.6 is 24.0 Å². The van der Waals surface area contributed by atoms with Crippen LogP contribution in [0.4, 0.5) is 0 Å². The van der Waals surface area contributed by atoms with Crippen LogP contribution in [-0.2, 0) is 0 Å². The van der Waals surface area contributed by atoms with Gasteiger partial charge in [0.1, 0.15) is 18.5 Å². The molecule has 0 fully saturated rings. The van der Waals surface area contributed by atoms with Gasteiger partial charge >= 0.3 is 0 Å². The van der Waals surface area contributed by atoms with E-state index in [2.05, 4.69) is 17.2 Å². The summed E-state index contributed by atoms with van der Waals surface area (Å²) in [5.74, 6) is 1.12. The van der Waals surface area contributed by atoms with Crippen molar-refractivity contribution in [3.05, 3.63) is 29.8 Å². The Labute approximate surface area is 144 Å². The predicted octanol–water partition coefficient (Wildman–Crippen LogP) is 2.06. The number of guanidine groups is 1. The summed E-state index contributed by atoms with van der Waals surface area (Å²) in [6.45, 7) is 5.35. The minimum absolute atomic E-state index is 0. The Morgan fingerprint density at radius 1 is 1.48 bits per heavy atom. The van der Waals surface area contributed by atoms with Crippen LogP contribution < -0.4 is 15.8 Å². The fraction of sp³-hybridized carbons (Fsp3) is 0.533. The standard InChI is InChI=1S/C15H25N3O2.HI/c1-3-4-8-17-15(16)18-10-13(19)11-20-14-7-5-6-12(2)9-14;/h5-7,9,13,19H,3-4,8,10-11H2,1-2H3,(H3,16,17,18);1H. The molecule has 0 aliphatic carbocycles. The van der Waals surface area contributed by atoms with Gasteiger partial charge in [0.05, 0.1) is 6.54 Å². The van der Waals surface area contributed by atoms with Gasteiger partial charge in [-0.15, -0.1) is 24.0 Å². The van der Waals surface area contributed by atoms with E-state index in [0.717, 1.165) is 30.7 Å². The second-order valence-corrected chi connectivity index (χ2v) is 4.79. The normalized spacial score (nSPS) is 12.4. The highest BCUT2D eigenvalue weighted by molar-refractivity contribution is 14.0. The Morgan fingerprint density at radius 3 is 2.90 bits per heavy atom. The molecule has 0 aliphatic heterocycles. The number of unbranched alkanes of at least 4 members (excludes halogenated alkanes) is 1. The van der Waals surface area contributed by atoms with Gasteiger partial charge in [-0.2, -0.15) is 0 Å². The molecular formula is C15H26IN3O2. The third kappa shape index (κ3) is 9.52. The Morgan fingerprint density at radius 2 is 2.24 bits per heavy atom. The number of hydrogen-bond donors (Lipinski definition) is 3. The van der Waals surface area contributed by atoms with Gasteiger partial charge < -0.3 is 20.9 Å². The molecule has 120 valence electrons. The van der Waals surface area contributed by atoms with Crippen molar-refractivity contribution < 1.29 is 9.84 Å². The Hall–Kier alpha value is -1.02. The van der Waals surface area contributed by atoms with Crippen LogP contribution in [0.15, 0.2) is 29.3 Å². The van der Waals surface area contributed by atoms with Crippen molar-refractivity contribution in [1.29, 1.82) is 0 Å². The van der Waals surface area contributed by atoms with Crippen molar-refractivity contribution in [1.82, 2.24) is 5.32 Å². The molecule has 0 amide bonds. The molecule has 1 atom stereocenters. The fourth-order valence-electron chi connectivity index (χ4n) is 1.60. The molecule has 0 saturated heterocycles. The summed E-state index contributed by atoms with van der Waals surface area (Å²) in [5.41, 5.74) is 6.80. The molecule has 1 unspecified atom stereocenters. The smallest absolute Gasteiger partial charge is 0.188 e. The third-order valence-electron chi connectivity index (χ3n) is 2.74. The van der Waals surface area contributed by atoms with Crippen LogP contribution in [0.5, 0.6) is 5.75 Å². The summed E-state index contributed by atoms with van der Waals surface area (Å²) in [7, 11) is 0. The zero-order valence-electron chi connectivity index (χ0n) is 12.7. The number of nitrogens with two attached hydrogens (primary N) is 1. The number of aliphatic hydroxyl groups is 1.